The summed E-state index contributed by atoms with van der Waals surface area (Å²) in [5, 5.41) is 10.7. The summed E-state index contributed by atoms with van der Waals surface area (Å²) in [6, 6.07) is 8.20. The molecule has 0 radical (unpaired) electrons. The lowest BCUT2D eigenvalue weighted by molar-refractivity contribution is -0.158. The van der Waals surface area contributed by atoms with Crippen molar-refractivity contribution in [3.8, 4) is 0 Å². The maximum atomic E-state index is 14.7. The number of carbonyl (C=O) groups is 3. The average molecular weight is 594 g/mol. The number of aliphatic hydroxyl groups excluding tert-OH is 1. The van der Waals surface area contributed by atoms with Gasteiger partial charge in [0.25, 0.3) is 0 Å². The van der Waals surface area contributed by atoms with Crippen molar-refractivity contribution in [3.63, 3.8) is 0 Å². The molecule has 0 saturated carbocycles. The van der Waals surface area contributed by atoms with Crippen LogP contribution in [0.4, 0.5) is 0 Å². The summed E-state index contributed by atoms with van der Waals surface area (Å²) in [6.07, 6.45) is 6.92. The van der Waals surface area contributed by atoms with Gasteiger partial charge < -0.3 is 24.5 Å². The fourth-order valence-corrected chi connectivity index (χ4v) is 7.94. The molecule has 4 rings (SSSR count). The summed E-state index contributed by atoms with van der Waals surface area (Å²) in [6.45, 7) is 18.6. The van der Waals surface area contributed by atoms with Gasteiger partial charge >= 0.3 is 0 Å². The number of amides is 3. The van der Waals surface area contributed by atoms with Gasteiger partial charge in [0.15, 0.2) is 0 Å². The molecule has 236 valence electrons. The van der Waals surface area contributed by atoms with Crippen LogP contribution in [0.25, 0.3) is 0 Å². The Morgan fingerprint density at radius 3 is 2.37 bits per heavy atom. The van der Waals surface area contributed by atoms with E-state index >= 15 is 0 Å². The van der Waals surface area contributed by atoms with Crippen LogP contribution in [-0.2, 0) is 25.7 Å². The number of fused-ring (bicyclic) bond motifs is 1. The number of ether oxygens (including phenoxy) is 1. The monoisotopic (exact) mass is 593 g/mol. The molecule has 2 bridgehead atoms. The molecule has 0 aliphatic carbocycles. The molecule has 3 heterocycles. The van der Waals surface area contributed by atoms with Crippen molar-refractivity contribution in [1.82, 2.24) is 14.7 Å². The molecular weight excluding hydrogens is 542 g/mol. The quantitative estimate of drug-likeness (QED) is 0.301. The SMILES string of the molecule is C=CCN(Cc1ccccc1)C(=O)[C@@H]1[C@H]2C(=O)N([C@@H](CO)[C@@H](C)CC)C(C(=O)N(CC=C)C(C)CCC)C23CC[C@@]1(C)O3. The van der Waals surface area contributed by atoms with E-state index in [2.05, 4.69) is 20.1 Å². The maximum Gasteiger partial charge on any atom is 0.248 e. The van der Waals surface area contributed by atoms with Gasteiger partial charge in [0.2, 0.25) is 17.7 Å². The van der Waals surface area contributed by atoms with Crippen LogP contribution < -0.4 is 0 Å². The van der Waals surface area contributed by atoms with Crippen molar-refractivity contribution in [2.45, 2.75) is 103 Å². The molecule has 3 saturated heterocycles. The molecular formula is C35H51N3O5. The number of carbonyl (C=O) groups excluding carboxylic acids is 3. The van der Waals surface area contributed by atoms with Crippen LogP contribution in [-0.4, -0.2) is 86.6 Å². The van der Waals surface area contributed by atoms with Crippen molar-refractivity contribution in [2.24, 2.45) is 17.8 Å². The molecule has 43 heavy (non-hydrogen) atoms. The molecule has 8 heteroatoms. The Balaban J connectivity index is 1.82. The van der Waals surface area contributed by atoms with Crippen molar-refractivity contribution in [2.75, 3.05) is 19.7 Å². The summed E-state index contributed by atoms with van der Waals surface area (Å²) in [7, 11) is 0. The van der Waals surface area contributed by atoms with Gasteiger partial charge in [0, 0.05) is 25.7 Å². The Morgan fingerprint density at radius 2 is 1.79 bits per heavy atom. The summed E-state index contributed by atoms with van der Waals surface area (Å²) in [4.78, 5) is 49.2. The van der Waals surface area contributed by atoms with Gasteiger partial charge in [-0.15, -0.1) is 13.2 Å². The van der Waals surface area contributed by atoms with Gasteiger partial charge in [-0.2, -0.15) is 0 Å². The zero-order chi connectivity index (χ0) is 31.5. The second kappa shape index (κ2) is 13.3. The third-order valence-electron chi connectivity index (χ3n) is 10.3. The first-order valence-corrected chi connectivity index (χ1v) is 16.0. The van der Waals surface area contributed by atoms with Crippen molar-refractivity contribution in [3.05, 3.63) is 61.2 Å². The molecule has 1 aromatic rings. The summed E-state index contributed by atoms with van der Waals surface area (Å²) >= 11 is 0. The fraction of sp³-hybridized carbons (Fsp3) is 0.629. The highest BCUT2D eigenvalue weighted by atomic mass is 16.5. The largest absolute Gasteiger partial charge is 0.394 e. The zero-order valence-electron chi connectivity index (χ0n) is 26.7. The molecule has 3 unspecified atom stereocenters. The Labute approximate surface area is 257 Å². The number of rotatable bonds is 15. The Hall–Kier alpha value is -2.97. The Bertz CT molecular complexity index is 1190. The van der Waals surface area contributed by atoms with Gasteiger partial charge in [-0.3, -0.25) is 14.4 Å². The van der Waals surface area contributed by atoms with Crippen molar-refractivity contribution < 1.29 is 24.2 Å². The van der Waals surface area contributed by atoms with Gasteiger partial charge in [0.1, 0.15) is 11.6 Å². The van der Waals surface area contributed by atoms with E-state index in [0.717, 1.165) is 24.8 Å². The minimum atomic E-state index is -1.15. The molecule has 1 spiro atoms. The highest BCUT2D eigenvalue weighted by molar-refractivity contribution is 5.99. The topological polar surface area (TPSA) is 90.4 Å². The van der Waals surface area contributed by atoms with Crippen LogP contribution in [0.1, 0.15) is 72.3 Å². The van der Waals surface area contributed by atoms with E-state index < -0.39 is 35.1 Å². The van der Waals surface area contributed by atoms with Crippen LogP contribution in [0.3, 0.4) is 0 Å². The van der Waals surface area contributed by atoms with E-state index in [0.29, 0.717) is 32.5 Å². The first kappa shape index (κ1) is 32.9. The van der Waals surface area contributed by atoms with Crippen LogP contribution in [0.5, 0.6) is 0 Å². The summed E-state index contributed by atoms with van der Waals surface area (Å²) in [5.74, 6) is -2.25. The summed E-state index contributed by atoms with van der Waals surface area (Å²) < 4.78 is 6.90. The smallest absolute Gasteiger partial charge is 0.248 e. The van der Waals surface area contributed by atoms with Crippen molar-refractivity contribution in [1.29, 1.82) is 0 Å². The van der Waals surface area contributed by atoms with Gasteiger partial charge in [-0.25, -0.2) is 0 Å². The standard InChI is InChI=1S/C35H51N3O5/c1-8-15-25(6)37(21-10-3)33(42)30-35-19-18-34(7,43-35)28(29(35)32(41)38(30)27(23-39)24(5)11-4)31(40)36(20-9-2)22-26-16-13-12-14-17-26/h9-10,12-14,16-17,24-25,27-30,39H,2-3,8,11,15,18-23H2,1,4-7H3/t24-,25?,27-,28-,29-,30?,34+,35?/m0/s1. The van der Waals surface area contributed by atoms with Crippen molar-refractivity contribution >= 4 is 17.7 Å². The van der Waals surface area contributed by atoms with Gasteiger partial charge in [0.05, 0.1) is 30.1 Å². The maximum absolute atomic E-state index is 14.7. The number of hydrogen-bond acceptors (Lipinski definition) is 5. The molecule has 1 N–H and O–H groups in total. The number of nitrogens with zero attached hydrogens (tertiary/aromatic N) is 3. The lowest BCUT2D eigenvalue weighted by Gasteiger charge is -2.42. The third kappa shape index (κ3) is 5.68. The Kier molecular flexibility index (Phi) is 10.2. The van der Waals surface area contributed by atoms with Crippen LogP contribution in [0.15, 0.2) is 55.6 Å². The van der Waals surface area contributed by atoms with Crippen LogP contribution >= 0.6 is 0 Å². The predicted molar refractivity (Wildman–Crippen MR) is 168 cm³/mol. The molecule has 3 fully saturated rings. The molecule has 8 nitrogen and oxygen atoms in total. The molecule has 3 aliphatic heterocycles. The molecule has 1 aromatic carbocycles. The molecule has 3 aliphatic rings. The number of benzene rings is 1. The highest BCUT2D eigenvalue weighted by Gasteiger charge is 2.79. The van der Waals surface area contributed by atoms with E-state index in [9.17, 15) is 19.5 Å². The summed E-state index contributed by atoms with van der Waals surface area (Å²) in [5.41, 5.74) is -1.06. The molecule has 0 aromatic heterocycles. The minimum absolute atomic E-state index is 0.0577. The number of aliphatic hydroxyl groups is 1. The highest BCUT2D eigenvalue weighted by Crippen LogP contribution is 2.64. The normalized spacial score (nSPS) is 29.6. The lowest BCUT2D eigenvalue weighted by Crippen LogP contribution is -2.61. The van der Waals surface area contributed by atoms with E-state index in [1.807, 2.05) is 58.0 Å². The zero-order valence-corrected chi connectivity index (χ0v) is 26.7. The minimum Gasteiger partial charge on any atom is -0.394 e. The van der Waals surface area contributed by atoms with E-state index in [-0.39, 0.29) is 36.3 Å². The van der Waals surface area contributed by atoms with Gasteiger partial charge in [-0.1, -0.05) is 76.1 Å². The van der Waals surface area contributed by atoms with E-state index in [1.165, 1.54) is 0 Å². The van der Waals surface area contributed by atoms with Crippen LogP contribution in [0.2, 0.25) is 0 Å². The van der Waals surface area contributed by atoms with E-state index in [1.54, 1.807) is 26.9 Å². The van der Waals surface area contributed by atoms with Gasteiger partial charge in [-0.05, 0) is 44.6 Å². The lowest BCUT2D eigenvalue weighted by atomic mass is 9.66. The predicted octanol–water partition coefficient (Wildman–Crippen LogP) is 4.58. The Morgan fingerprint density at radius 1 is 1.12 bits per heavy atom. The number of hydrogen-bond donors (Lipinski definition) is 1. The molecule has 3 amide bonds. The second-order valence-corrected chi connectivity index (χ2v) is 13.0. The first-order chi connectivity index (χ1) is 20.5. The third-order valence-corrected chi connectivity index (χ3v) is 10.3. The first-order valence-electron chi connectivity index (χ1n) is 16.0. The number of likely N-dealkylation sites (tertiary alicyclic amines) is 1. The van der Waals surface area contributed by atoms with E-state index in [4.69, 9.17) is 4.74 Å². The average Bonchev–Trinajstić information content (AvgIpc) is 3.56. The fourth-order valence-electron chi connectivity index (χ4n) is 7.94. The second-order valence-electron chi connectivity index (χ2n) is 13.0. The van der Waals surface area contributed by atoms with Crippen LogP contribution in [0, 0.1) is 17.8 Å². The molecule has 8 atom stereocenters.